The molecule has 2 heterocycles. The van der Waals surface area contributed by atoms with E-state index < -0.39 is 22.3 Å². The molecule has 0 unspecified atom stereocenters. The van der Waals surface area contributed by atoms with Crippen LogP contribution in [-0.4, -0.2) is 26.8 Å². The molecule has 0 aliphatic carbocycles. The number of phenols is 1. The van der Waals surface area contributed by atoms with Crippen LogP contribution < -0.4 is 15.2 Å². The lowest BCUT2D eigenvalue weighted by molar-refractivity contribution is -0.386. The van der Waals surface area contributed by atoms with Gasteiger partial charge in [0.25, 0.3) is 0 Å². The number of rotatable bonds is 5. The maximum absolute atomic E-state index is 11.6. The molecule has 0 radical (unpaired) electrons. The number of H-pyrrole nitrogens is 1. The van der Waals surface area contributed by atoms with Gasteiger partial charge in [0.15, 0.2) is 5.75 Å². The fraction of sp³-hybridized carbons (Fsp3) is 0.143. The zero-order chi connectivity index (χ0) is 23.0. The van der Waals surface area contributed by atoms with Crippen molar-refractivity contribution < 1.29 is 19.5 Å². The highest BCUT2D eigenvalue weighted by Gasteiger charge is 2.37. The van der Waals surface area contributed by atoms with Crippen LogP contribution in [0.1, 0.15) is 24.0 Å². The number of nitrogens with zero attached hydrogens (tertiary/aromatic N) is 3. The van der Waals surface area contributed by atoms with Crippen LogP contribution in [0.15, 0.2) is 47.9 Å². The molecule has 32 heavy (non-hydrogen) atoms. The van der Waals surface area contributed by atoms with Crippen LogP contribution in [0, 0.1) is 21.4 Å². The van der Waals surface area contributed by atoms with Gasteiger partial charge in [-0.05, 0) is 30.7 Å². The third-order valence-corrected chi connectivity index (χ3v) is 5.23. The molecule has 2 aromatic carbocycles. The molecule has 0 saturated heterocycles. The summed E-state index contributed by atoms with van der Waals surface area (Å²) in [6.45, 7) is 1.84. The molecule has 10 nitrogen and oxygen atoms in total. The first-order valence-electron chi connectivity index (χ1n) is 9.41. The van der Waals surface area contributed by atoms with E-state index in [0.717, 1.165) is 0 Å². The number of aromatic nitrogens is 2. The Bertz CT molecular complexity index is 1290. The fourth-order valence-corrected chi connectivity index (χ4v) is 3.73. The Morgan fingerprint density at radius 3 is 2.75 bits per heavy atom. The number of aromatic amines is 1. The van der Waals surface area contributed by atoms with E-state index in [9.17, 15) is 20.5 Å². The number of fused-ring (bicyclic) bond motifs is 1. The molecule has 4 rings (SSSR count). The summed E-state index contributed by atoms with van der Waals surface area (Å²) in [5.41, 5.74) is 7.44. The van der Waals surface area contributed by atoms with E-state index in [2.05, 4.69) is 10.2 Å². The van der Waals surface area contributed by atoms with Crippen molar-refractivity contribution in [2.75, 3.05) is 6.61 Å². The van der Waals surface area contributed by atoms with E-state index in [4.69, 9.17) is 26.8 Å². The van der Waals surface area contributed by atoms with Crippen LogP contribution in [-0.2, 0) is 0 Å². The standard InChI is InChI=1S/C21H16ClN5O5/c1-2-31-15-8-11(7-14(19(15)28)27(29)30)16-13(9-23)20(24)32-21-17(16)18(25-26-21)10-3-5-12(22)6-4-10/h3-8,16,28H,2,24H2,1H3,(H,25,26)/t16-/m1/s1. The fourth-order valence-electron chi connectivity index (χ4n) is 3.60. The van der Waals surface area contributed by atoms with E-state index in [0.29, 0.717) is 27.4 Å². The number of halogens is 1. The quantitative estimate of drug-likeness (QED) is 0.386. The van der Waals surface area contributed by atoms with E-state index in [1.54, 1.807) is 31.2 Å². The average Bonchev–Trinajstić information content (AvgIpc) is 3.18. The maximum Gasteiger partial charge on any atom is 0.314 e. The molecule has 1 atom stereocenters. The van der Waals surface area contributed by atoms with Gasteiger partial charge in [0.05, 0.1) is 28.7 Å². The zero-order valence-corrected chi connectivity index (χ0v) is 17.4. The molecule has 0 amide bonds. The number of allylic oxidation sites excluding steroid dienone is 1. The van der Waals surface area contributed by atoms with Crippen molar-refractivity contribution in [2.24, 2.45) is 5.73 Å². The van der Waals surface area contributed by atoms with Gasteiger partial charge in [-0.25, -0.2) is 0 Å². The van der Waals surface area contributed by atoms with Crippen molar-refractivity contribution in [3.8, 4) is 34.7 Å². The lowest BCUT2D eigenvalue weighted by Gasteiger charge is -2.24. The van der Waals surface area contributed by atoms with E-state index in [1.807, 2.05) is 6.07 Å². The highest BCUT2D eigenvalue weighted by atomic mass is 35.5. The topological polar surface area (TPSA) is 160 Å². The second-order valence-electron chi connectivity index (χ2n) is 6.83. The van der Waals surface area contributed by atoms with Crippen molar-refractivity contribution in [1.29, 1.82) is 5.26 Å². The number of nitro benzene ring substituents is 1. The minimum Gasteiger partial charge on any atom is -0.500 e. The number of aromatic hydroxyl groups is 1. The Kier molecular flexibility index (Phi) is 5.34. The molecular weight excluding hydrogens is 438 g/mol. The van der Waals surface area contributed by atoms with Crippen LogP contribution in [0.4, 0.5) is 5.69 Å². The maximum atomic E-state index is 11.6. The highest BCUT2D eigenvalue weighted by molar-refractivity contribution is 6.30. The van der Waals surface area contributed by atoms with Crippen molar-refractivity contribution in [3.05, 3.63) is 74.1 Å². The molecule has 0 saturated carbocycles. The summed E-state index contributed by atoms with van der Waals surface area (Å²) < 4.78 is 10.9. The van der Waals surface area contributed by atoms with Crippen LogP contribution in [0.2, 0.25) is 5.02 Å². The number of hydrogen-bond donors (Lipinski definition) is 3. The predicted octanol–water partition coefficient (Wildman–Crippen LogP) is 3.96. The Morgan fingerprint density at radius 2 is 2.12 bits per heavy atom. The van der Waals surface area contributed by atoms with Gasteiger partial charge >= 0.3 is 5.69 Å². The molecular formula is C21H16ClN5O5. The van der Waals surface area contributed by atoms with Gasteiger partial charge in [-0.15, -0.1) is 5.10 Å². The number of phenolic OH excluding ortho intramolecular Hbond substituents is 1. The first-order valence-corrected chi connectivity index (χ1v) is 9.79. The second kappa shape index (κ2) is 8.13. The average molecular weight is 454 g/mol. The molecule has 1 aliphatic rings. The molecule has 0 bridgehead atoms. The summed E-state index contributed by atoms with van der Waals surface area (Å²) >= 11 is 6.00. The SMILES string of the molecule is CCOc1cc([C@@H]2C(C#N)=C(N)Oc3n[nH]c(-c4ccc(Cl)cc4)c32)cc([N+](=O)[O-])c1O. The minimum atomic E-state index is -0.869. The molecule has 0 spiro atoms. The van der Waals surface area contributed by atoms with E-state index >= 15 is 0 Å². The summed E-state index contributed by atoms with van der Waals surface area (Å²) in [4.78, 5) is 10.9. The van der Waals surface area contributed by atoms with Gasteiger partial charge in [-0.1, -0.05) is 23.7 Å². The largest absolute Gasteiger partial charge is 0.500 e. The first kappa shape index (κ1) is 21.0. The van der Waals surface area contributed by atoms with Gasteiger partial charge in [-0.3, -0.25) is 15.2 Å². The Hall–Kier alpha value is -4.23. The monoisotopic (exact) mass is 453 g/mol. The third-order valence-electron chi connectivity index (χ3n) is 4.98. The van der Waals surface area contributed by atoms with Crippen LogP contribution in [0.5, 0.6) is 17.4 Å². The number of hydrogen-bond acceptors (Lipinski definition) is 8. The van der Waals surface area contributed by atoms with E-state index in [-0.39, 0.29) is 29.7 Å². The first-order chi connectivity index (χ1) is 15.3. The van der Waals surface area contributed by atoms with Crippen LogP contribution in [0.25, 0.3) is 11.3 Å². The number of nitro groups is 1. The van der Waals surface area contributed by atoms with Gasteiger partial charge in [0, 0.05) is 16.7 Å². The summed E-state index contributed by atoms with van der Waals surface area (Å²) in [7, 11) is 0. The number of benzene rings is 2. The summed E-state index contributed by atoms with van der Waals surface area (Å²) in [5, 5.41) is 39.3. The molecule has 4 N–H and O–H groups in total. The zero-order valence-electron chi connectivity index (χ0n) is 16.6. The second-order valence-corrected chi connectivity index (χ2v) is 7.26. The molecule has 11 heteroatoms. The third kappa shape index (κ3) is 3.44. The van der Waals surface area contributed by atoms with Gasteiger partial charge in [0.1, 0.15) is 11.6 Å². The lowest BCUT2D eigenvalue weighted by Crippen LogP contribution is -2.21. The Morgan fingerprint density at radius 1 is 1.41 bits per heavy atom. The lowest BCUT2D eigenvalue weighted by atomic mass is 9.82. The van der Waals surface area contributed by atoms with Gasteiger partial charge in [-0.2, -0.15) is 5.26 Å². The van der Waals surface area contributed by atoms with Gasteiger partial charge < -0.3 is 20.3 Å². The number of nitrogens with two attached hydrogens (primary N) is 1. The summed E-state index contributed by atoms with van der Waals surface area (Å²) in [5.74, 6) is -1.60. The molecule has 162 valence electrons. The normalized spacial score (nSPS) is 15.0. The Balaban J connectivity index is 1.99. The van der Waals surface area contributed by atoms with Crippen LogP contribution in [0.3, 0.4) is 0 Å². The molecule has 3 aromatic rings. The molecule has 0 fully saturated rings. The van der Waals surface area contributed by atoms with Crippen molar-refractivity contribution in [1.82, 2.24) is 10.2 Å². The number of nitrogens with one attached hydrogen (secondary N) is 1. The summed E-state index contributed by atoms with van der Waals surface area (Å²) in [6, 6.07) is 11.5. The number of ether oxygens (including phenoxy) is 2. The van der Waals surface area contributed by atoms with E-state index in [1.165, 1.54) is 12.1 Å². The number of nitriles is 1. The van der Waals surface area contributed by atoms with Gasteiger partial charge in [0.2, 0.25) is 17.5 Å². The van der Waals surface area contributed by atoms with Crippen LogP contribution >= 0.6 is 11.6 Å². The van der Waals surface area contributed by atoms with Crippen molar-refractivity contribution in [2.45, 2.75) is 12.8 Å². The predicted molar refractivity (Wildman–Crippen MR) is 114 cm³/mol. The highest BCUT2D eigenvalue weighted by Crippen LogP contribution is 2.48. The minimum absolute atomic E-state index is 0.0385. The summed E-state index contributed by atoms with van der Waals surface area (Å²) in [6.07, 6.45) is 0. The molecule has 1 aliphatic heterocycles. The molecule has 1 aromatic heterocycles. The smallest absolute Gasteiger partial charge is 0.314 e. The van der Waals surface area contributed by atoms with Crippen molar-refractivity contribution >= 4 is 17.3 Å². The van der Waals surface area contributed by atoms with Crippen molar-refractivity contribution in [3.63, 3.8) is 0 Å². The Labute approximate surface area is 186 Å².